The molecule has 2 heterocycles. The van der Waals surface area contributed by atoms with Crippen LogP contribution in [0.3, 0.4) is 0 Å². The number of imidazole rings is 1. The van der Waals surface area contributed by atoms with E-state index in [-0.39, 0.29) is 5.02 Å². The first kappa shape index (κ1) is 12.7. The fraction of sp³-hybridized carbons (Fsp3) is 0.462. The van der Waals surface area contributed by atoms with Crippen LogP contribution < -0.4 is 5.73 Å². The Morgan fingerprint density at radius 1 is 1.53 bits per heavy atom. The van der Waals surface area contributed by atoms with E-state index < -0.39 is 5.82 Å². The number of anilines is 1. The molecule has 2 aromatic rings. The van der Waals surface area contributed by atoms with Gasteiger partial charge in [-0.15, -0.1) is 0 Å². The number of benzene rings is 1. The summed E-state index contributed by atoms with van der Waals surface area (Å²) in [5, 5.41) is 0.0677. The van der Waals surface area contributed by atoms with Gasteiger partial charge >= 0.3 is 0 Å². The zero-order valence-electron chi connectivity index (χ0n) is 10.4. The van der Waals surface area contributed by atoms with Crippen LogP contribution >= 0.6 is 11.6 Å². The van der Waals surface area contributed by atoms with E-state index in [4.69, 9.17) is 22.1 Å². The van der Waals surface area contributed by atoms with Gasteiger partial charge in [0.2, 0.25) is 5.95 Å². The monoisotopic (exact) mass is 283 g/mol. The second kappa shape index (κ2) is 4.98. The fourth-order valence-corrected chi connectivity index (χ4v) is 2.70. The number of fused-ring (bicyclic) bond motifs is 1. The van der Waals surface area contributed by atoms with Crippen molar-refractivity contribution in [3.63, 3.8) is 0 Å². The minimum atomic E-state index is -0.449. The zero-order valence-corrected chi connectivity index (χ0v) is 11.2. The Morgan fingerprint density at radius 2 is 2.37 bits per heavy atom. The van der Waals surface area contributed by atoms with Crippen LogP contribution in [-0.2, 0) is 11.3 Å². The van der Waals surface area contributed by atoms with E-state index in [0.717, 1.165) is 26.1 Å². The van der Waals surface area contributed by atoms with Crippen molar-refractivity contribution in [3.05, 3.63) is 23.0 Å². The van der Waals surface area contributed by atoms with E-state index in [1.807, 2.05) is 4.57 Å². The number of ether oxygens (including phenoxy) is 1. The number of aromatic nitrogens is 2. The lowest BCUT2D eigenvalue weighted by molar-refractivity contribution is 0.0490. The normalized spacial score (nSPS) is 20.0. The molecule has 6 heteroatoms. The fourth-order valence-electron chi connectivity index (χ4n) is 2.54. The summed E-state index contributed by atoms with van der Waals surface area (Å²) in [6, 6.07) is 2.90. The van der Waals surface area contributed by atoms with E-state index in [9.17, 15) is 4.39 Å². The van der Waals surface area contributed by atoms with Crippen LogP contribution in [0.2, 0.25) is 5.02 Å². The molecular formula is C13H15ClFN3O. The van der Waals surface area contributed by atoms with Gasteiger partial charge in [0.25, 0.3) is 0 Å². The average Bonchev–Trinajstić information content (AvgIpc) is 2.68. The minimum Gasteiger partial charge on any atom is -0.381 e. The lowest BCUT2D eigenvalue weighted by Crippen LogP contribution is -2.22. The molecule has 1 fully saturated rings. The molecule has 1 aliphatic heterocycles. The molecule has 1 saturated heterocycles. The third kappa shape index (κ3) is 2.40. The van der Waals surface area contributed by atoms with Crippen LogP contribution in [0.25, 0.3) is 11.0 Å². The lowest BCUT2D eigenvalue weighted by Gasteiger charge is -2.23. The smallest absolute Gasteiger partial charge is 0.201 e. The Kier molecular flexibility index (Phi) is 3.33. The predicted octanol–water partition coefficient (Wildman–Crippen LogP) is 2.84. The molecule has 0 spiro atoms. The summed E-state index contributed by atoms with van der Waals surface area (Å²) < 4.78 is 20.9. The Hall–Kier alpha value is -1.33. The van der Waals surface area contributed by atoms with Gasteiger partial charge in [0.1, 0.15) is 5.82 Å². The van der Waals surface area contributed by atoms with E-state index in [1.165, 1.54) is 12.1 Å². The predicted molar refractivity (Wildman–Crippen MR) is 72.7 cm³/mol. The first-order chi connectivity index (χ1) is 9.15. The van der Waals surface area contributed by atoms with Crippen LogP contribution in [-0.4, -0.2) is 22.8 Å². The molecule has 1 unspecified atom stereocenters. The van der Waals surface area contributed by atoms with E-state index in [1.54, 1.807) is 0 Å². The summed E-state index contributed by atoms with van der Waals surface area (Å²) >= 11 is 5.76. The summed E-state index contributed by atoms with van der Waals surface area (Å²) in [6.07, 6.45) is 2.15. The summed E-state index contributed by atoms with van der Waals surface area (Å²) in [4.78, 5) is 4.23. The molecule has 0 saturated carbocycles. The number of nitrogen functional groups attached to an aromatic ring is 1. The Balaban J connectivity index is 1.97. The van der Waals surface area contributed by atoms with Crippen molar-refractivity contribution in [3.8, 4) is 0 Å². The maximum absolute atomic E-state index is 13.6. The van der Waals surface area contributed by atoms with Gasteiger partial charge in [0.15, 0.2) is 0 Å². The first-order valence-corrected chi connectivity index (χ1v) is 6.71. The number of hydrogen-bond donors (Lipinski definition) is 1. The highest BCUT2D eigenvalue weighted by Gasteiger charge is 2.18. The highest BCUT2D eigenvalue weighted by Crippen LogP contribution is 2.26. The van der Waals surface area contributed by atoms with Crippen molar-refractivity contribution >= 4 is 28.6 Å². The molecule has 3 rings (SSSR count). The molecule has 0 amide bonds. The van der Waals surface area contributed by atoms with Crippen LogP contribution in [0.5, 0.6) is 0 Å². The lowest BCUT2D eigenvalue weighted by atomic mass is 10.0. The van der Waals surface area contributed by atoms with E-state index >= 15 is 0 Å². The van der Waals surface area contributed by atoms with Gasteiger partial charge in [-0.2, -0.15) is 0 Å². The SMILES string of the molecule is Nc1nc2cc(Cl)c(F)cc2n1CC1CCCOC1. The van der Waals surface area contributed by atoms with Crippen LogP contribution in [0, 0.1) is 11.7 Å². The molecule has 1 aromatic carbocycles. The summed E-state index contributed by atoms with van der Waals surface area (Å²) in [5.41, 5.74) is 7.23. The molecule has 0 aliphatic carbocycles. The van der Waals surface area contributed by atoms with Gasteiger partial charge in [-0.25, -0.2) is 9.37 Å². The van der Waals surface area contributed by atoms with Crippen molar-refractivity contribution in [2.75, 3.05) is 18.9 Å². The molecule has 102 valence electrons. The summed E-state index contributed by atoms with van der Waals surface area (Å²) in [6.45, 7) is 2.24. The molecule has 4 nitrogen and oxygen atoms in total. The molecule has 19 heavy (non-hydrogen) atoms. The topological polar surface area (TPSA) is 53.1 Å². The molecular weight excluding hydrogens is 269 g/mol. The Bertz CT molecular complexity index is 607. The van der Waals surface area contributed by atoms with Crippen molar-refractivity contribution in [2.24, 2.45) is 5.92 Å². The second-order valence-electron chi connectivity index (χ2n) is 4.92. The molecule has 1 atom stereocenters. The number of hydrogen-bond acceptors (Lipinski definition) is 3. The van der Waals surface area contributed by atoms with Gasteiger partial charge in [-0.05, 0) is 18.9 Å². The number of halogens is 2. The largest absolute Gasteiger partial charge is 0.381 e. The van der Waals surface area contributed by atoms with Crippen LogP contribution in [0.4, 0.5) is 10.3 Å². The van der Waals surface area contributed by atoms with Crippen molar-refractivity contribution in [2.45, 2.75) is 19.4 Å². The van der Waals surface area contributed by atoms with Crippen LogP contribution in [0.15, 0.2) is 12.1 Å². The average molecular weight is 284 g/mol. The second-order valence-corrected chi connectivity index (χ2v) is 5.33. The minimum absolute atomic E-state index is 0.0677. The molecule has 0 radical (unpaired) electrons. The van der Waals surface area contributed by atoms with Crippen molar-refractivity contribution < 1.29 is 9.13 Å². The zero-order chi connectivity index (χ0) is 13.4. The van der Waals surface area contributed by atoms with Crippen LogP contribution in [0.1, 0.15) is 12.8 Å². The molecule has 0 bridgehead atoms. The Labute approximate surface area is 115 Å². The summed E-state index contributed by atoms with van der Waals surface area (Å²) in [5.74, 6) is 0.338. The summed E-state index contributed by atoms with van der Waals surface area (Å²) in [7, 11) is 0. The van der Waals surface area contributed by atoms with Gasteiger partial charge in [-0.1, -0.05) is 11.6 Å². The highest BCUT2D eigenvalue weighted by molar-refractivity contribution is 6.31. The molecule has 2 N–H and O–H groups in total. The van der Waals surface area contributed by atoms with Gasteiger partial charge in [-0.3, -0.25) is 0 Å². The van der Waals surface area contributed by atoms with Crippen molar-refractivity contribution in [1.29, 1.82) is 0 Å². The highest BCUT2D eigenvalue weighted by atomic mass is 35.5. The first-order valence-electron chi connectivity index (χ1n) is 6.33. The number of nitrogens with zero attached hydrogens (tertiary/aromatic N) is 2. The van der Waals surface area contributed by atoms with Gasteiger partial charge in [0.05, 0.1) is 22.7 Å². The number of rotatable bonds is 2. The number of nitrogens with two attached hydrogens (primary N) is 1. The quantitative estimate of drug-likeness (QED) is 0.922. The van der Waals surface area contributed by atoms with Gasteiger partial charge in [0, 0.05) is 25.1 Å². The van der Waals surface area contributed by atoms with Gasteiger partial charge < -0.3 is 15.0 Å². The Morgan fingerprint density at radius 3 is 3.11 bits per heavy atom. The van der Waals surface area contributed by atoms with Crippen molar-refractivity contribution in [1.82, 2.24) is 9.55 Å². The maximum atomic E-state index is 13.6. The molecule has 1 aliphatic rings. The maximum Gasteiger partial charge on any atom is 0.201 e. The van der Waals surface area contributed by atoms with E-state index in [0.29, 0.717) is 29.4 Å². The third-order valence-corrected chi connectivity index (χ3v) is 3.80. The van der Waals surface area contributed by atoms with E-state index in [2.05, 4.69) is 4.98 Å². The third-order valence-electron chi connectivity index (χ3n) is 3.52. The standard InChI is InChI=1S/C13H15ClFN3O/c14-9-4-11-12(5-10(9)15)18(13(16)17-11)6-8-2-1-3-19-7-8/h4-5,8H,1-3,6-7H2,(H2,16,17). The molecule has 1 aromatic heterocycles.